The number of benzene rings is 1. The van der Waals surface area contributed by atoms with Crippen LogP contribution >= 0.6 is 0 Å². The molecule has 0 amide bonds. The molecule has 7 nitrogen and oxygen atoms in total. The fourth-order valence-corrected chi connectivity index (χ4v) is 3.62. The number of nitrogens with zero attached hydrogens (tertiary/aromatic N) is 4. The summed E-state index contributed by atoms with van der Waals surface area (Å²) in [5, 5.41) is 8.03. The maximum Gasteiger partial charge on any atom is 0.226 e. The molecule has 0 saturated carbocycles. The molecule has 1 fully saturated rings. The number of hydrogen-bond acceptors (Lipinski definition) is 7. The number of rotatable bonds is 6. The molecule has 0 spiro atoms. The van der Waals surface area contributed by atoms with Gasteiger partial charge in [0.25, 0.3) is 0 Å². The first-order valence-corrected chi connectivity index (χ1v) is 9.38. The van der Waals surface area contributed by atoms with Gasteiger partial charge in [-0.25, -0.2) is 9.61 Å². The lowest BCUT2D eigenvalue weighted by atomic mass is 10.1. The third-order valence-electron chi connectivity index (χ3n) is 5.02. The zero-order chi connectivity index (χ0) is 18.8. The van der Waals surface area contributed by atoms with Gasteiger partial charge in [-0.2, -0.15) is 0 Å². The molecule has 7 heteroatoms. The third-order valence-corrected chi connectivity index (χ3v) is 5.02. The molecule has 2 aromatic heterocycles. The third kappa shape index (κ3) is 3.60. The minimum absolute atomic E-state index is 0.223. The summed E-state index contributed by atoms with van der Waals surface area (Å²) < 4.78 is 16.3. The summed E-state index contributed by atoms with van der Waals surface area (Å²) in [7, 11) is 0. The van der Waals surface area contributed by atoms with E-state index in [1.165, 1.54) is 0 Å². The van der Waals surface area contributed by atoms with E-state index in [-0.39, 0.29) is 6.04 Å². The Morgan fingerprint density at radius 3 is 2.70 bits per heavy atom. The van der Waals surface area contributed by atoms with Crippen molar-refractivity contribution in [1.82, 2.24) is 20.2 Å². The lowest BCUT2D eigenvalue weighted by Gasteiger charge is -2.21. The van der Waals surface area contributed by atoms with Crippen LogP contribution in [0.15, 0.2) is 33.3 Å². The Balaban J connectivity index is 1.52. The first-order valence-electron chi connectivity index (χ1n) is 9.38. The molecule has 0 bridgehead atoms. The van der Waals surface area contributed by atoms with Gasteiger partial charge in [0.05, 0.1) is 18.3 Å². The van der Waals surface area contributed by atoms with E-state index in [2.05, 4.69) is 15.2 Å². The number of aryl methyl sites for hydroxylation is 2. The lowest BCUT2D eigenvalue weighted by Crippen LogP contribution is -2.24. The monoisotopic (exact) mass is 368 g/mol. The smallest absolute Gasteiger partial charge is 0.226 e. The summed E-state index contributed by atoms with van der Waals surface area (Å²) in [6, 6.07) is 8.05. The van der Waals surface area contributed by atoms with E-state index in [9.17, 15) is 0 Å². The summed E-state index contributed by atoms with van der Waals surface area (Å²) in [4.78, 5) is 7.12. The van der Waals surface area contributed by atoms with Crippen LogP contribution in [0.1, 0.15) is 48.6 Å². The highest BCUT2D eigenvalue weighted by Crippen LogP contribution is 2.34. The second-order valence-corrected chi connectivity index (χ2v) is 6.84. The Morgan fingerprint density at radius 1 is 1.19 bits per heavy atom. The van der Waals surface area contributed by atoms with Crippen LogP contribution < -0.4 is 4.74 Å². The van der Waals surface area contributed by atoms with Crippen molar-refractivity contribution in [3.63, 3.8) is 0 Å². The van der Waals surface area contributed by atoms with Gasteiger partial charge >= 0.3 is 0 Å². The molecule has 142 valence electrons. The Hall–Kier alpha value is -2.67. The van der Waals surface area contributed by atoms with Crippen LogP contribution in [0.5, 0.6) is 5.75 Å². The predicted octanol–water partition coefficient (Wildman–Crippen LogP) is 4.08. The van der Waals surface area contributed by atoms with E-state index in [0.29, 0.717) is 12.5 Å². The maximum absolute atomic E-state index is 5.94. The first-order chi connectivity index (χ1) is 13.2. The molecule has 3 aromatic rings. The second kappa shape index (κ2) is 7.52. The van der Waals surface area contributed by atoms with Gasteiger partial charge in [0, 0.05) is 12.1 Å². The second-order valence-electron chi connectivity index (χ2n) is 6.84. The van der Waals surface area contributed by atoms with Crippen molar-refractivity contribution in [3.8, 4) is 17.2 Å². The molecule has 0 N–H and O–H groups in total. The van der Waals surface area contributed by atoms with Crippen LogP contribution in [0.2, 0.25) is 0 Å². The van der Waals surface area contributed by atoms with Crippen molar-refractivity contribution in [2.75, 3.05) is 13.2 Å². The SMILES string of the molecule is CCOc1ccc(-c2nc(CN3CCC[C@@H]3c3nonc3C)c(C)o2)cc1. The van der Waals surface area contributed by atoms with Gasteiger partial charge < -0.3 is 9.15 Å². The van der Waals surface area contributed by atoms with E-state index >= 15 is 0 Å². The quantitative estimate of drug-likeness (QED) is 0.649. The van der Waals surface area contributed by atoms with Gasteiger partial charge in [-0.05, 0) is 64.4 Å². The van der Waals surface area contributed by atoms with E-state index in [1.54, 1.807) is 0 Å². The summed E-state index contributed by atoms with van der Waals surface area (Å²) in [5.41, 5.74) is 3.70. The summed E-state index contributed by atoms with van der Waals surface area (Å²) in [6.07, 6.45) is 2.18. The topological polar surface area (TPSA) is 77.4 Å². The van der Waals surface area contributed by atoms with Crippen LogP contribution in [0.25, 0.3) is 11.5 Å². The highest BCUT2D eigenvalue weighted by molar-refractivity contribution is 5.55. The molecule has 1 aromatic carbocycles. The molecule has 3 heterocycles. The number of aromatic nitrogens is 3. The number of likely N-dealkylation sites (tertiary alicyclic amines) is 1. The fourth-order valence-electron chi connectivity index (χ4n) is 3.62. The average molecular weight is 368 g/mol. The van der Waals surface area contributed by atoms with Crippen molar-refractivity contribution < 1.29 is 13.8 Å². The van der Waals surface area contributed by atoms with Gasteiger partial charge in [-0.15, -0.1) is 0 Å². The molecular weight excluding hydrogens is 344 g/mol. The molecule has 0 radical (unpaired) electrons. The zero-order valence-corrected chi connectivity index (χ0v) is 15.9. The summed E-state index contributed by atoms with van der Waals surface area (Å²) in [5.74, 6) is 2.33. The Bertz CT molecular complexity index is 900. The molecule has 4 rings (SSSR count). The Kier molecular flexibility index (Phi) is 4.94. The van der Waals surface area contributed by atoms with Gasteiger partial charge in [-0.1, -0.05) is 10.3 Å². The minimum Gasteiger partial charge on any atom is -0.494 e. The van der Waals surface area contributed by atoms with Crippen LogP contribution in [-0.2, 0) is 6.54 Å². The predicted molar refractivity (Wildman–Crippen MR) is 99.3 cm³/mol. The van der Waals surface area contributed by atoms with Gasteiger partial charge in [0.2, 0.25) is 5.89 Å². The highest BCUT2D eigenvalue weighted by Gasteiger charge is 2.31. The highest BCUT2D eigenvalue weighted by atomic mass is 16.6. The number of ether oxygens (including phenoxy) is 1. The minimum atomic E-state index is 0.223. The molecule has 1 aliphatic rings. The van der Waals surface area contributed by atoms with E-state index < -0.39 is 0 Å². The Morgan fingerprint density at radius 2 is 2.00 bits per heavy atom. The van der Waals surface area contributed by atoms with E-state index in [1.807, 2.05) is 45.0 Å². The molecular formula is C20H24N4O3. The maximum atomic E-state index is 5.94. The zero-order valence-electron chi connectivity index (χ0n) is 15.9. The molecule has 1 saturated heterocycles. The molecule has 0 aliphatic carbocycles. The van der Waals surface area contributed by atoms with Gasteiger partial charge in [0.15, 0.2) is 0 Å². The molecule has 1 aliphatic heterocycles. The first kappa shape index (κ1) is 17.7. The van der Waals surface area contributed by atoms with E-state index in [0.717, 1.165) is 60.1 Å². The number of oxazole rings is 1. The fraction of sp³-hybridized carbons (Fsp3) is 0.450. The van der Waals surface area contributed by atoms with Crippen LogP contribution in [0, 0.1) is 13.8 Å². The van der Waals surface area contributed by atoms with Gasteiger partial charge in [-0.3, -0.25) is 4.90 Å². The molecule has 0 unspecified atom stereocenters. The van der Waals surface area contributed by atoms with Crippen LogP contribution in [0.3, 0.4) is 0 Å². The standard InChI is InChI=1S/C20H24N4O3/c1-4-25-16-9-7-15(8-10-16)20-21-17(14(3)26-20)12-24-11-5-6-18(24)19-13(2)22-27-23-19/h7-10,18H,4-6,11-12H2,1-3H3/t18-/m1/s1. The summed E-state index contributed by atoms with van der Waals surface area (Å²) >= 11 is 0. The van der Waals surface area contributed by atoms with Crippen LogP contribution in [-0.4, -0.2) is 33.3 Å². The van der Waals surface area contributed by atoms with E-state index in [4.69, 9.17) is 18.8 Å². The van der Waals surface area contributed by atoms with Crippen molar-refractivity contribution in [2.45, 2.75) is 46.2 Å². The molecule has 1 atom stereocenters. The average Bonchev–Trinajstić information content (AvgIpc) is 3.37. The van der Waals surface area contributed by atoms with Crippen LogP contribution in [0.4, 0.5) is 0 Å². The summed E-state index contributed by atoms with van der Waals surface area (Å²) in [6.45, 7) is 8.26. The van der Waals surface area contributed by atoms with Gasteiger partial charge in [0.1, 0.15) is 22.9 Å². The van der Waals surface area contributed by atoms with Crippen molar-refractivity contribution in [3.05, 3.63) is 47.1 Å². The van der Waals surface area contributed by atoms with Crippen molar-refractivity contribution in [1.29, 1.82) is 0 Å². The normalized spacial score (nSPS) is 17.5. The van der Waals surface area contributed by atoms with Crippen molar-refractivity contribution >= 4 is 0 Å². The largest absolute Gasteiger partial charge is 0.494 e. The Labute approximate surface area is 158 Å². The molecule has 27 heavy (non-hydrogen) atoms. The van der Waals surface area contributed by atoms with Crippen molar-refractivity contribution in [2.24, 2.45) is 0 Å². The lowest BCUT2D eigenvalue weighted by molar-refractivity contribution is 0.228. The number of hydrogen-bond donors (Lipinski definition) is 0.